The Morgan fingerprint density at radius 3 is 2.21 bits per heavy atom. The number of carboxylic acids is 1. The molecule has 3 rings (SSSR count). The van der Waals surface area contributed by atoms with Crippen LogP contribution < -0.4 is 5.32 Å². The molecule has 2 N–H and O–H groups in total. The molecule has 39 heavy (non-hydrogen) atoms. The number of carboxylic acid groups (broad SMARTS) is 1. The van der Waals surface area contributed by atoms with E-state index in [1.54, 1.807) is 12.1 Å². The summed E-state index contributed by atoms with van der Waals surface area (Å²) in [5.74, 6) is -2.96. The Balaban J connectivity index is 0.000000673. The van der Waals surface area contributed by atoms with Crippen molar-refractivity contribution in [3.8, 4) is 0 Å². The monoisotopic (exact) mass is 600 g/mol. The van der Waals surface area contributed by atoms with Crippen LogP contribution in [0.5, 0.6) is 0 Å². The number of likely N-dealkylation sites (tertiary alicyclic amines) is 1. The van der Waals surface area contributed by atoms with Crippen LogP contribution in [0.2, 0.25) is 0 Å². The second kappa shape index (κ2) is 14.2. The number of carbonyl (C=O) groups is 1. The Labute approximate surface area is 229 Å². The number of alkyl halides is 3. The van der Waals surface area contributed by atoms with Crippen LogP contribution in [0.4, 0.5) is 13.2 Å². The van der Waals surface area contributed by atoms with Crippen molar-refractivity contribution in [1.29, 1.82) is 0 Å². The predicted molar refractivity (Wildman–Crippen MR) is 141 cm³/mol. The molecule has 1 aromatic rings. The van der Waals surface area contributed by atoms with E-state index in [0.29, 0.717) is 38.8 Å². The number of hydrogen-bond donors (Lipinski definition) is 2. The van der Waals surface area contributed by atoms with E-state index in [9.17, 15) is 30.0 Å². The fraction of sp³-hybridized carbons (Fsp3) is 0.708. The summed E-state index contributed by atoms with van der Waals surface area (Å²) in [6.45, 7) is 9.93. The number of hydrogen-bond acceptors (Lipinski definition) is 7. The summed E-state index contributed by atoms with van der Waals surface area (Å²) in [6, 6.07) is 5.54. The van der Waals surface area contributed by atoms with Crippen molar-refractivity contribution in [1.82, 2.24) is 18.8 Å². The highest BCUT2D eigenvalue weighted by Crippen LogP contribution is 2.21. The van der Waals surface area contributed by atoms with Crippen LogP contribution in [-0.4, -0.2) is 112 Å². The zero-order valence-electron chi connectivity index (χ0n) is 22.6. The second-order valence-corrected chi connectivity index (χ2v) is 13.8. The largest absolute Gasteiger partial charge is 0.490 e. The molecule has 0 amide bonds. The summed E-state index contributed by atoms with van der Waals surface area (Å²) in [6.07, 6.45) is -1.65. The maximum atomic E-state index is 13.5. The number of rotatable bonds is 9. The molecule has 0 saturated carbocycles. The Morgan fingerprint density at radius 2 is 1.67 bits per heavy atom. The average molecular weight is 601 g/mol. The van der Waals surface area contributed by atoms with E-state index >= 15 is 0 Å². The van der Waals surface area contributed by atoms with Gasteiger partial charge in [0.15, 0.2) is 0 Å². The van der Waals surface area contributed by atoms with Crippen LogP contribution in [0.15, 0.2) is 23.1 Å². The third-order valence-electron chi connectivity index (χ3n) is 7.00. The summed E-state index contributed by atoms with van der Waals surface area (Å²) >= 11 is 0. The van der Waals surface area contributed by atoms with Gasteiger partial charge in [-0.3, -0.25) is 4.90 Å². The van der Waals surface area contributed by atoms with Crippen molar-refractivity contribution >= 4 is 26.0 Å². The van der Waals surface area contributed by atoms with Crippen LogP contribution in [0.3, 0.4) is 0 Å². The van der Waals surface area contributed by atoms with E-state index in [4.69, 9.17) is 9.90 Å². The first-order valence-corrected chi connectivity index (χ1v) is 15.9. The highest BCUT2D eigenvalue weighted by molar-refractivity contribution is 7.90. The van der Waals surface area contributed by atoms with Crippen LogP contribution in [0.25, 0.3) is 0 Å². The summed E-state index contributed by atoms with van der Waals surface area (Å²) < 4.78 is 87.4. The lowest BCUT2D eigenvalue weighted by molar-refractivity contribution is -0.192. The first-order valence-electron chi connectivity index (χ1n) is 12.9. The highest BCUT2D eigenvalue weighted by atomic mass is 32.2. The van der Waals surface area contributed by atoms with Crippen molar-refractivity contribution in [2.45, 2.75) is 57.1 Å². The maximum absolute atomic E-state index is 13.5. The molecule has 0 radical (unpaired) electrons. The molecule has 2 saturated heterocycles. The van der Waals surface area contributed by atoms with Crippen molar-refractivity contribution in [3.05, 3.63) is 29.3 Å². The molecule has 2 aliphatic heterocycles. The number of aliphatic carboxylic acids is 1. The number of piperazine rings is 1. The minimum absolute atomic E-state index is 0.0380. The van der Waals surface area contributed by atoms with E-state index in [0.717, 1.165) is 30.5 Å². The molecule has 0 aliphatic carbocycles. The number of nitrogens with one attached hydrogen (secondary N) is 1. The lowest BCUT2D eigenvalue weighted by atomic mass is 10.0. The second-order valence-electron chi connectivity index (χ2n) is 9.80. The number of aryl methyl sites for hydroxylation is 2. The zero-order chi connectivity index (χ0) is 29.4. The van der Waals surface area contributed by atoms with Crippen LogP contribution >= 0.6 is 0 Å². The molecule has 1 unspecified atom stereocenters. The van der Waals surface area contributed by atoms with E-state index in [1.165, 1.54) is 15.0 Å². The molecule has 1 atom stereocenters. The fourth-order valence-corrected chi connectivity index (χ4v) is 7.46. The summed E-state index contributed by atoms with van der Waals surface area (Å²) in [5.41, 5.74) is 1.93. The van der Waals surface area contributed by atoms with Gasteiger partial charge in [-0.2, -0.15) is 21.8 Å². The van der Waals surface area contributed by atoms with Gasteiger partial charge in [0.1, 0.15) is 0 Å². The molecule has 2 heterocycles. The lowest BCUT2D eigenvalue weighted by Crippen LogP contribution is -2.49. The van der Waals surface area contributed by atoms with E-state index in [1.807, 2.05) is 19.9 Å². The standard InChI is InChI=1S/C22H38N4O4S2.C2HF3O2/c1-19-7-8-22(18-20(19)2)32(29,30)26(15-14-24-11-5-4-6-21(24)3)16-17-31(27,28)25-12-9-23-10-13-25;3-2(4,5)1(6)7/h7-8,18,21,23H,4-6,9-17H2,1-3H3;(H,6,7). The first-order chi connectivity index (χ1) is 18.1. The average Bonchev–Trinajstić information content (AvgIpc) is 2.86. The van der Waals surface area contributed by atoms with Gasteiger partial charge in [0.2, 0.25) is 20.0 Å². The minimum Gasteiger partial charge on any atom is -0.475 e. The van der Waals surface area contributed by atoms with Crippen LogP contribution in [0, 0.1) is 13.8 Å². The Bertz CT molecular complexity index is 1170. The molecule has 2 aliphatic rings. The third kappa shape index (κ3) is 9.97. The quantitative estimate of drug-likeness (QED) is 0.441. The molecule has 224 valence electrons. The molecular weight excluding hydrogens is 561 g/mol. The number of benzene rings is 1. The number of piperidine rings is 1. The van der Waals surface area contributed by atoms with Gasteiger partial charge in [-0.05, 0) is 63.4 Å². The topological polar surface area (TPSA) is 127 Å². The maximum Gasteiger partial charge on any atom is 0.490 e. The molecule has 0 bridgehead atoms. The fourth-order valence-electron chi connectivity index (χ4n) is 4.37. The summed E-state index contributed by atoms with van der Waals surface area (Å²) in [5, 5.41) is 10.3. The van der Waals surface area contributed by atoms with Gasteiger partial charge in [0.05, 0.1) is 10.6 Å². The number of sulfonamides is 2. The number of nitrogens with zero attached hydrogens (tertiary/aromatic N) is 3. The molecule has 1 aromatic carbocycles. The van der Waals surface area contributed by atoms with Crippen LogP contribution in [-0.2, 0) is 24.8 Å². The first kappa shape index (κ1) is 33.4. The van der Waals surface area contributed by atoms with E-state index in [2.05, 4.69) is 17.1 Å². The Kier molecular flexibility index (Phi) is 12.2. The van der Waals surface area contributed by atoms with Gasteiger partial charge in [-0.25, -0.2) is 21.6 Å². The van der Waals surface area contributed by atoms with Crippen molar-refractivity contribution in [3.63, 3.8) is 0 Å². The Morgan fingerprint density at radius 1 is 1.05 bits per heavy atom. The minimum atomic E-state index is -5.08. The van der Waals surface area contributed by atoms with Crippen LogP contribution in [0.1, 0.15) is 37.3 Å². The molecule has 15 heteroatoms. The van der Waals surface area contributed by atoms with Crippen molar-refractivity contribution in [2.24, 2.45) is 0 Å². The van der Waals surface area contributed by atoms with E-state index in [-0.39, 0.29) is 23.7 Å². The normalized spacial score (nSPS) is 19.9. The SMILES string of the molecule is Cc1ccc(S(=O)(=O)N(CCN2CCCCC2C)CCS(=O)(=O)N2CCNCC2)cc1C.O=C(O)C(F)(F)F. The van der Waals surface area contributed by atoms with Crippen molar-refractivity contribution < 1.29 is 39.9 Å². The smallest absolute Gasteiger partial charge is 0.475 e. The predicted octanol–water partition coefficient (Wildman–Crippen LogP) is 2.04. The van der Waals surface area contributed by atoms with Gasteiger partial charge >= 0.3 is 12.1 Å². The van der Waals surface area contributed by atoms with Gasteiger partial charge in [0.25, 0.3) is 0 Å². The highest BCUT2D eigenvalue weighted by Gasteiger charge is 2.38. The summed E-state index contributed by atoms with van der Waals surface area (Å²) in [7, 11) is -7.32. The van der Waals surface area contributed by atoms with Gasteiger partial charge in [-0.15, -0.1) is 0 Å². The molecule has 2 fully saturated rings. The van der Waals surface area contributed by atoms with Gasteiger partial charge in [0, 0.05) is 51.9 Å². The van der Waals surface area contributed by atoms with Gasteiger partial charge < -0.3 is 10.4 Å². The number of halogens is 3. The third-order valence-corrected chi connectivity index (χ3v) is 10.7. The lowest BCUT2D eigenvalue weighted by Gasteiger charge is -2.35. The molecule has 10 nitrogen and oxygen atoms in total. The van der Waals surface area contributed by atoms with Gasteiger partial charge in [-0.1, -0.05) is 12.5 Å². The molecular formula is C24H39F3N4O6S2. The zero-order valence-corrected chi connectivity index (χ0v) is 24.2. The molecule has 0 aromatic heterocycles. The summed E-state index contributed by atoms with van der Waals surface area (Å²) in [4.78, 5) is 11.4. The van der Waals surface area contributed by atoms with E-state index < -0.39 is 32.2 Å². The molecule has 0 spiro atoms. The Hall–Kier alpha value is -1.78. The van der Waals surface area contributed by atoms with Crippen molar-refractivity contribution in [2.75, 3.05) is 58.1 Å².